The number of benzene rings is 1. The highest BCUT2D eigenvalue weighted by atomic mass is 35.5. The molecule has 1 fully saturated rings. The lowest BCUT2D eigenvalue weighted by molar-refractivity contribution is -0.665. The minimum Gasteiger partial charge on any atom is -0.456 e. The van der Waals surface area contributed by atoms with Crippen molar-refractivity contribution < 1.29 is 19.8 Å². The van der Waals surface area contributed by atoms with E-state index in [0.29, 0.717) is 5.92 Å². The molecule has 2 rings (SSSR count). The number of carbonyl (C=O) groups is 1. The van der Waals surface area contributed by atoms with Crippen LogP contribution in [0.15, 0.2) is 18.2 Å². The molecular formula is C15H20ClN2O4+. The Kier molecular flexibility index (Phi) is 5.03. The van der Waals surface area contributed by atoms with Gasteiger partial charge in [-0.15, -0.1) is 0 Å². The molecule has 0 bridgehead atoms. The van der Waals surface area contributed by atoms with E-state index in [9.17, 15) is 14.9 Å². The van der Waals surface area contributed by atoms with Crippen molar-refractivity contribution in [2.24, 2.45) is 5.92 Å². The van der Waals surface area contributed by atoms with Crippen molar-refractivity contribution >= 4 is 23.3 Å². The fourth-order valence-corrected chi connectivity index (χ4v) is 3.03. The van der Waals surface area contributed by atoms with E-state index in [1.54, 1.807) is 0 Å². The highest BCUT2D eigenvalue weighted by Gasteiger charge is 2.36. The number of nitro benzene ring substituents is 1. The van der Waals surface area contributed by atoms with Crippen LogP contribution in [0.5, 0.6) is 0 Å². The third-order valence-corrected chi connectivity index (χ3v) is 4.47. The molecule has 1 aliphatic rings. The van der Waals surface area contributed by atoms with Gasteiger partial charge in [-0.1, -0.05) is 11.6 Å². The Morgan fingerprint density at radius 3 is 2.59 bits per heavy atom. The van der Waals surface area contributed by atoms with E-state index >= 15 is 0 Å². The van der Waals surface area contributed by atoms with Gasteiger partial charge in [0, 0.05) is 30.9 Å². The maximum Gasteiger partial charge on any atom is 0.340 e. The van der Waals surface area contributed by atoms with Crippen LogP contribution >= 0.6 is 11.6 Å². The molecule has 0 saturated carbocycles. The van der Waals surface area contributed by atoms with Gasteiger partial charge in [0.15, 0.2) is 0 Å². The van der Waals surface area contributed by atoms with Crippen molar-refractivity contribution in [2.75, 3.05) is 13.1 Å². The van der Waals surface area contributed by atoms with Crippen molar-refractivity contribution in [1.82, 2.24) is 0 Å². The molecule has 0 radical (unpaired) electrons. The Balaban J connectivity index is 2.12. The van der Waals surface area contributed by atoms with Crippen LogP contribution in [-0.2, 0) is 4.74 Å². The number of ether oxygens (including phenoxy) is 1. The summed E-state index contributed by atoms with van der Waals surface area (Å²) in [6, 6.07) is 3.76. The van der Waals surface area contributed by atoms with E-state index in [2.05, 4.69) is 5.32 Å². The van der Waals surface area contributed by atoms with Crippen LogP contribution in [0.25, 0.3) is 0 Å². The third-order valence-electron chi connectivity index (χ3n) is 4.16. The second-order valence-corrected chi connectivity index (χ2v) is 6.46. The molecule has 2 N–H and O–H groups in total. The van der Waals surface area contributed by atoms with Crippen LogP contribution in [-0.4, -0.2) is 29.6 Å². The predicted octanol–water partition coefficient (Wildman–Crippen LogP) is 2.16. The first kappa shape index (κ1) is 16.7. The van der Waals surface area contributed by atoms with Gasteiger partial charge in [0.25, 0.3) is 5.69 Å². The fraction of sp³-hybridized carbons (Fsp3) is 0.533. The molecule has 0 spiro atoms. The van der Waals surface area contributed by atoms with Gasteiger partial charge in [-0.05, 0) is 19.9 Å². The van der Waals surface area contributed by atoms with E-state index < -0.39 is 16.5 Å². The first-order chi connectivity index (χ1) is 10.3. The van der Waals surface area contributed by atoms with Gasteiger partial charge in [0.2, 0.25) is 0 Å². The van der Waals surface area contributed by atoms with Crippen molar-refractivity contribution in [3.05, 3.63) is 38.9 Å². The minimum atomic E-state index is -0.587. The Labute approximate surface area is 133 Å². The minimum absolute atomic E-state index is 0.0342. The molecule has 6 nitrogen and oxygen atoms in total. The average molecular weight is 328 g/mol. The summed E-state index contributed by atoms with van der Waals surface area (Å²) in [5.74, 6) is -0.238. The summed E-state index contributed by atoms with van der Waals surface area (Å²) in [5, 5.41) is 13.0. The van der Waals surface area contributed by atoms with Crippen molar-refractivity contribution in [1.29, 1.82) is 0 Å². The molecule has 7 heteroatoms. The number of carbonyl (C=O) groups excluding carboxylic acids is 1. The molecular weight excluding hydrogens is 308 g/mol. The number of hydrogen-bond acceptors (Lipinski definition) is 4. The van der Waals surface area contributed by atoms with Gasteiger partial charge >= 0.3 is 5.97 Å². The Hall–Kier alpha value is -1.66. The predicted molar refractivity (Wildman–Crippen MR) is 82.0 cm³/mol. The largest absolute Gasteiger partial charge is 0.456 e. The second-order valence-electron chi connectivity index (χ2n) is 6.05. The summed E-state index contributed by atoms with van der Waals surface area (Å²) in [4.78, 5) is 22.5. The first-order valence-electron chi connectivity index (χ1n) is 7.30. The quantitative estimate of drug-likeness (QED) is 0.521. The Bertz CT molecular complexity index is 583. The van der Waals surface area contributed by atoms with E-state index in [4.69, 9.17) is 16.3 Å². The van der Waals surface area contributed by atoms with Gasteiger partial charge in [-0.3, -0.25) is 10.1 Å². The zero-order valence-electron chi connectivity index (χ0n) is 12.7. The molecule has 1 aromatic rings. The maximum absolute atomic E-state index is 12.3. The van der Waals surface area contributed by atoms with Crippen LogP contribution < -0.4 is 5.32 Å². The molecule has 0 amide bonds. The molecule has 1 aliphatic heterocycles. The summed E-state index contributed by atoms with van der Waals surface area (Å²) in [5.41, 5.74) is -0.581. The SMILES string of the molecule is CC(C)(OC(=O)c1ccc([N+](=O)[O-])cc1Cl)C1CC[NH2+]CC1. The van der Waals surface area contributed by atoms with Gasteiger partial charge in [0.05, 0.1) is 28.6 Å². The van der Waals surface area contributed by atoms with E-state index in [-0.39, 0.29) is 16.3 Å². The monoisotopic (exact) mass is 327 g/mol. The summed E-state index contributed by atoms with van der Waals surface area (Å²) >= 11 is 5.97. The highest BCUT2D eigenvalue weighted by Crippen LogP contribution is 2.30. The van der Waals surface area contributed by atoms with Crippen molar-refractivity contribution in [2.45, 2.75) is 32.3 Å². The zero-order chi connectivity index (χ0) is 16.3. The standard InChI is InChI=1S/C15H19ClN2O4/c1-15(2,10-5-7-17-8-6-10)22-14(19)12-4-3-11(18(20)21)9-13(12)16/h3-4,9-10,17H,5-8H2,1-2H3/p+1. The molecule has 0 atom stereocenters. The normalized spacial score (nSPS) is 16.3. The number of quaternary nitrogens is 1. The number of non-ortho nitro benzene ring substituents is 1. The molecule has 1 aromatic carbocycles. The Morgan fingerprint density at radius 1 is 1.41 bits per heavy atom. The number of halogens is 1. The van der Waals surface area contributed by atoms with Crippen LogP contribution in [0.2, 0.25) is 5.02 Å². The van der Waals surface area contributed by atoms with Gasteiger partial charge < -0.3 is 10.1 Å². The van der Waals surface area contributed by atoms with Crippen LogP contribution in [0.1, 0.15) is 37.0 Å². The number of nitrogens with zero attached hydrogens (tertiary/aromatic N) is 1. The number of hydrogen-bond donors (Lipinski definition) is 1. The van der Waals surface area contributed by atoms with Crippen LogP contribution in [0, 0.1) is 16.0 Å². The van der Waals surface area contributed by atoms with Gasteiger partial charge in [-0.2, -0.15) is 0 Å². The molecule has 0 aliphatic carbocycles. The summed E-state index contributed by atoms with van der Waals surface area (Å²) in [6.45, 7) is 5.87. The van der Waals surface area contributed by atoms with Gasteiger partial charge in [0.1, 0.15) is 5.60 Å². The number of piperidine rings is 1. The number of esters is 1. The van der Waals surface area contributed by atoms with Crippen molar-refractivity contribution in [3.8, 4) is 0 Å². The van der Waals surface area contributed by atoms with Crippen LogP contribution in [0.4, 0.5) is 5.69 Å². The number of nitrogens with two attached hydrogens (primary N) is 1. The summed E-state index contributed by atoms with van der Waals surface area (Å²) in [7, 11) is 0. The topological polar surface area (TPSA) is 86.0 Å². The van der Waals surface area contributed by atoms with E-state index in [1.807, 2.05) is 13.8 Å². The molecule has 0 aromatic heterocycles. The number of rotatable bonds is 4. The average Bonchev–Trinajstić information content (AvgIpc) is 2.47. The molecule has 22 heavy (non-hydrogen) atoms. The zero-order valence-corrected chi connectivity index (χ0v) is 13.4. The lowest BCUT2D eigenvalue weighted by atomic mass is 9.83. The summed E-state index contributed by atoms with van der Waals surface area (Å²) in [6.07, 6.45) is 1.99. The molecule has 1 saturated heterocycles. The Morgan fingerprint density at radius 2 is 2.05 bits per heavy atom. The summed E-state index contributed by atoms with van der Waals surface area (Å²) < 4.78 is 5.64. The molecule has 0 unspecified atom stereocenters. The third kappa shape index (κ3) is 3.75. The number of nitro groups is 1. The maximum atomic E-state index is 12.3. The van der Waals surface area contributed by atoms with E-state index in [1.165, 1.54) is 18.2 Å². The molecule has 1 heterocycles. The van der Waals surface area contributed by atoms with Crippen molar-refractivity contribution in [3.63, 3.8) is 0 Å². The molecule has 120 valence electrons. The van der Waals surface area contributed by atoms with Crippen LogP contribution in [0.3, 0.4) is 0 Å². The first-order valence-corrected chi connectivity index (χ1v) is 7.68. The smallest absolute Gasteiger partial charge is 0.340 e. The van der Waals surface area contributed by atoms with Gasteiger partial charge in [-0.25, -0.2) is 4.79 Å². The second kappa shape index (κ2) is 6.62. The lowest BCUT2D eigenvalue weighted by Crippen LogP contribution is -2.86. The fourth-order valence-electron chi connectivity index (χ4n) is 2.78. The highest BCUT2D eigenvalue weighted by molar-refractivity contribution is 6.33. The lowest BCUT2D eigenvalue weighted by Gasteiger charge is -2.35. The van der Waals surface area contributed by atoms with E-state index in [0.717, 1.165) is 25.9 Å².